The van der Waals surface area contributed by atoms with Gasteiger partial charge in [0.2, 0.25) is 5.91 Å². The van der Waals surface area contributed by atoms with Crippen molar-refractivity contribution >= 4 is 34.0 Å². The lowest BCUT2D eigenvalue weighted by atomic mass is 10.1. The van der Waals surface area contributed by atoms with Crippen molar-refractivity contribution in [1.82, 2.24) is 9.88 Å². The van der Waals surface area contributed by atoms with Crippen molar-refractivity contribution in [3.05, 3.63) is 59.1 Å². The minimum Gasteiger partial charge on any atom is -0.302 e. The van der Waals surface area contributed by atoms with E-state index in [1.165, 1.54) is 29.4 Å². The number of amides is 1. The van der Waals surface area contributed by atoms with Crippen LogP contribution < -0.4 is 5.32 Å². The van der Waals surface area contributed by atoms with Crippen LogP contribution in [0.2, 0.25) is 0 Å². The molecular weight excluding hydrogens is 318 g/mol. The average molecular weight is 339 g/mol. The predicted octanol–water partition coefficient (Wildman–Crippen LogP) is 3.90. The number of carbonyl (C=O) groups excluding carboxylic acids is 1. The average Bonchev–Trinajstić information content (AvgIpc) is 3.04. The van der Waals surface area contributed by atoms with Gasteiger partial charge in [-0.25, -0.2) is 4.98 Å². The van der Waals surface area contributed by atoms with Gasteiger partial charge in [0.15, 0.2) is 5.13 Å². The lowest BCUT2D eigenvalue weighted by Gasteiger charge is -2.25. The molecule has 1 aromatic carbocycles. The van der Waals surface area contributed by atoms with E-state index in [0.29, 0.717) is 5.13 Å². The number of hydrogen-bond acceptors (Lipinski definition) is 4. The summed E-state index contributed by atoms with van der Waals surface area (Å²) in [7, 11) is 0. The summed E-state index contributed by atoms with van der Waals surface area (Å²) in [5.41, 5.74) is 3.44. The number of rotatable bonds is 5. The molecule has 0 fully saturated rings. The largest absolute Gasteiger partial charge is 0.302 e. The molecule has 3 rings (SSSR count). The Hall–Kier alpha value is -2.24. The summed E-state index contributed by atoms with van der Waals surface area (Å²) >= 11 is 1.47. The van der Waals surface area contributed by atoms with Gasteiger partial charge in [0.1, 0.15) is 0 Å². The second kappa shape index (κ2) is 8.04. The number of nitrogens with one attached hydrogen (secondary N) is 1. The quantitative estimate of drug-likeness (QED) is 0.898. The molecule has 0 unspecified atom stereocenters. The van der Waals surface area contributed by atoms with Crippen LogP contribution in [-0.2, 0) is 4.79 Å². The van der Waals surface area contributed by atoms with E-state index in [4.69, 9.17) is 0 Å². The van der Waals surface area contributed by atoms with Crippen LogP contribution in [0.25, 0.3) is 11.6 Å². The van der Waals surface area contributed by atoms with Crippen LogP contribution in [0.3, 0.4) is 0 Å². The van der Waals surface area contributed by atoms with Crippen molar-refractivity contribution in [2.24, 2.45) is 0 Å². The van der Waals surface area contributed by atoms with Crippen LogP contribution in [0.15, 0.2) is 47.9 Å². The molecule has 1 aromatic heterocycles. The van der Waals surface area contributed by atoms with Crippen LogP contribution in [-0.4, -0.2) is 35.4 Å². The Labute approximate surface area is 146 Å². The van der Waals surface area contributed by atoms with E-state index in [1.54, 1.807) is 0 Å². The van der Waals surface area contributed by atoms with Gasteiger partial charge in [0, 0.05) is 31.9 Å². The fourth-order valence-corrected chi connectivity index (χ4v) is 3.46. The van der Waals surface area contributed by atoms with E-state index >= 15 is 0 Å². The highest BCUT2D eigenvalue weighted by molar-refractivity contribution is 7.14. The maximum Gasteiger partial charge on any atom is 0.223 e. The van der Waals surface area contributed by atoms with Crippen LogP contribution in [0, 0.1) is 0 Å². The lowest BCUT2D eigenvalue weighted by Crippen LogP contribution is -2.29. The minimum absolute atomic E-state index is 0.0822. The molecule has 0 radical (unpaired) electrons. The number of nitrogens with zero attached hydrogens (tertiary/aromatic N) is 2. The molecule has 0 bridgehead atoms. The number of carbonyl (C=O) groups is 1. The molecule has 1 aliphatic rings. The monoisotopic (exact) mass is 339 g/mol. The summed E-state index contributed by atoms with van der Waals surface area (Å²) in [5, 5.41) is 5.42. The third kappa shape index (κ3) is 4.63. The number of benzene rings is 1. The van der Waals surface area contributed by atoms with E-state index < -0.39 is 0 Å². The van der Waals surface area contributed by atoms with E-state index in [0.717, 1.165) is 31.7 Å². The van der Waals surface area contributed by atoms with Crippen molar-refractivity contribution in [2.75, 3.05) is 25.0 Å². The Morgan fingerprint density at radius 1 is 1.38 bits per heavy atom. The SMILES string of the molecule is CC(=O)Nc1nc(C2=CCCN(CC=Cc3ccccc3)C2)cs1. The zero-order valence-electron chi connectivity index (χ0n) is 13.7. The highest BCUT2D eigenvalue weighted by atomic mass is 32.1. The number of anilines is 1. The van der Waals surface area contributed by atoms with Crippen molar-refractivity contribution in [3.63, 3.8) is 0 Å². The molecule has 5 heteroatoms. The Balaban J connectivity index is 1.58. The molecule has 1 aliphatic heterocycles. The van der Waals surface area contributed by atoms with E-state index in [1.807, 2.05) is 11.4 Å². The molecule has 1 amide bonds. The number of thiazole rings is 1. The molecule has 0 saturated heterocycles. The molecule has 2 aromatic rings. The second-order valence-corrected chi connectivity index (χ2v) is 6.64. The molecule has 0 spiro atoms. The first-order valence-electron chi connectivity index (χ1n) is 8.07. The van der Waals surface area contributed by atoms with Gasteiger partial charge in [-0.15, -0.1) is 11.3 Å². The van der Waals surface area contributed by atoms with Crippen LogP contribution in [0.4, 0.5) is 5.13 Å². The smallest absolute Gasteiger partial charge is 0.223 e. The summed E-state index contributed by atoms with van der Waals surface area (Å²) in [4.78, 5) is 18.0. The van der Waals surface area contributed by atoms with Crippen molar-refractivity contribution in [3.8, 4) is 0 Å². The number of hydrogen-bond donors (Lipinski definition) is 1. The predicted molar refractivity (Wildman–Crippen MR) is 101 cm³/mol. The van der Waals surface area contributed by atoms with Crippen LogP contribution in [0.5, 0.6) is 0 Å². The summed E-state index contributed by atoms with van der Waals surface area (Å²) in [5.74, 6) is -0.0822. The first kappa shape index (κ1) is 16.6. The fraction of sp³-hybridized carbons (Fsp3) is 0.263. The van der Waals surface area contributed by atoms with Crippen molar-refractivity contribution < 1.29 is 4.79 Å². The first-order chi connectivity index (χ1) is 11.7. The fourth-order valence-electron chi connectivity index (χ4n) is 2.68. The summed E-state index contributed by atoms with van der Waals surface area (Å²) in [6.45, 7) is 4.38. The summed E-state index contributed by atoms with van der Waals surface area (Å²) < 4.78 is 0. The van der Waals surface area contributed by atoms with Gasteiger partial charge >= 0.3 is 0 Å². The summed E-state index contributed by atoms with van der Waals surface area (Å²) in [6.07, 6.45) is 7.66. The molecular formula is C19H21N3OS. The van der Waals surface area contributed by atoms with E-state index in [2.05, 4.69) is 57.7 Å². The third-order valence-corrected chi connectivity index (χ3v) is 4.58. The zero-order chi connectivity index (χ0) is 16.8. The highest BCUT2D eigenvalue weighted by Crippen LogP contribution is 2.25. The maximum atomic E-state index is 11.1. The van der Waals surface area contributed by atoms with Gasteiger partial charge in [-0.3, -0.25) is 9.69 Å². The van der Waals surface area contributed by atoms with E-state index in [9.17, 15) is 4.79 Å². The Bertz CT molecular complexity index is 749. The highest BCUT2D eigenvalue weighted by Gasteiger charge is 2.15. The first-order valence-corrected chi connectivity index (χ1v) is 8.95. The van der Waals surface area contributed by atoms with Gasteiger partial charge < -0.3 is 5.32 Å². The molecule has 124 valence electrons. The molecule has 0 atom stereocenters. The molecule has 2 heterocycles. The zero-order valence-corrected chi connectivity index (χ0v) is 14.6. The van der Waals surface area contributed by atoms with E-state index in [-0.39, 0.29) is 5.91 Å². The minimum atomic E-state index is -0.0822. The Morgan fingerprint density at radius 2 is 2.21 bits per heavy atom. The van der Waals surface area contributed by atoms with Gasteiger partial charge in [-0.1, -0.05) is 48.6 Å². The lowest BCUT2D eigenvalue weighted by molar-refractivity contribution is -0.114. The van der Waals surface area contributed by atoms with Crippen molar-refractivity contribution in [1.29, 1.82) is 0 Å². The number of aromatic nitrogens is 1. The standard InChI is InChI=1S/C19H21N3OS/c1-15(23)20-19-21-18(14-24-19)17-10-6-12-22(13-17)11-5-9-16-7-3-2-4-8-16/h2-5,7-10,14H,6,11-13H2,1H3,(H,20,21,23). The van der Waals surface area contributed by atoms with Crippen LogP contribution >= 0.6 is 11.3 Å². The topological polar surface area (TPSA) is 45.2 Å². The van der Waals surface area contributed by atoms with Gasteiger partial charge in [0.25, 0.3) is 0 Å². The Morgan fingerprint density at radius 3 is 3.00 bits per heavy atom. The third-order valence-electron chi connectivity index (χ3n) is 3.82. The molecule has 0 aliphatic carbocycles. The van der Waals surface area contributed by atoms with Crippen LogP contribution in [0.1, 0.15) is 24.6 Å². The maximum absolute atomic E-state index is 11.1. The van der Waals surface area contributed by atoms with Gasteiger partial charge in [-0.05, 0) is 17.6 Å². The molecule has 1 N–H and O–H groups in total. The summed E-state index contributed by atoms with van der Waals surface area (Å²) in [6, 6.07) is 10.3. The second-order valence-electron chi connectivity index (χ2n) is 5.79. The Kier molecular flexibility index (Phi) is 5.56. The van der Waals surface area contributed by atoms with Crippen molar-refractivity contribution in [2.45, 2.75) is 13.3 Å². The van der Waals surface area contributed by atoms with Gasteiger partial charge in [0.05, 0.1) is 5.69 Å². The molecule has 24 heavy (non-hydrogen) atoms. The normalized spacial score (nSPS) is 15.5. The van der Waals surface area contributed by atoms with Gasteiger partial charge in [-0.2, -0.15) is 0 Å². The molecule has 4 nitrogen and oxygen atoms in total. The molecule has 0 saturated carbocycles.